The van der Waals surface area contributed by atoms with Gasteiger partial charge >= 0.3 is 4.87 Å². The predicted molar refractivity (Wildman–Crippen MR) is 106 cm³/mol. The van der Waals surface area contributed by atoms with Gasteiger partial charge in [0.1, 0.15) is 0 Å². The summed E-state index contributed by atoms with van der Waals surface area (Å²) in [5.41, 5.74) is 1.50. The van der Waals surface area contributed by atoms with Gasteiger partial charge in [-0.25, -0.2) is 13.1 Å². The number of thiazole rings is 1. The maximum Gasteiger partial charge on any atom is 0.308 e. The number of aromatic nitrogens is 3. The van der Waals surface area contributed by atoms with Crippen molar-refractivity contribution in [1.29, 1.82) is 0 Å². The first kappa shape index (κ1) is 18.5. The van der Waals surface area contributed by atoms with E-state index in [1.54, 1.807) is 10.6 Å². The van der Waals surface area contributed by atoms with Gasteiger partial charge in [0.25, 0.3) is 0 Å². The highest BCUT2D eigenvalue weighted by atomic mass is 32.2. The van der Waals surface area contributed by atoms with E-state index in [1.807, 2.05) is 37.3 Å². The second-order valence-electron chi connectivity index (χ2n) is 5.94. The third kappa shape index (κ3) is 3.49. The van der Waals surface area contributed by atoms with Crippen LogP contribution >= 0.6 is 11.3 Å². The Kier molecular flexibility index (Phi) is 4.84. The van der Waals surface area contributed by atoms with Crippen LogP contribution in [0.5, 0.6) is 0 Å². The van der Waals surface area contributed by atoms with E-state index in [4.69, 9.17) is 4.52 Å². The van der Waals surface area contributed by atoms with Gasteiger partial charge in [-0.15, -0.1) is 0 Å². The highest BCUT2D eigenvalue weighted by molar-refractivity contribution is 7.89. The highest BCUT2D eigenvalue weighted by Crippen LogP contribution is 2.22. The van der Waals surface area contributed by atoms with Gasteiger partial charge in [0.05, 0.1) is 21.7 Å². The van der Waals surface area contributed by atoms with Crippen LogP contribution in [0.3, 0.4) is 0 Å². The van der Waals surface area contributed by atoms with Crippen LogP contribution in [0, 0.1) is 0 Å². The van der Waals surface area contributed by atoms with Gasteiger partial charge in [0, 0.05) is 12.1 Å². The summed E-state index contributed by atoms with van der Waals surface area (Å²) in [6, 6.07) is 13.9. The van der Waals surface area contributed by atoms with Crippen LogP contribution in [-0.4, -0.2) is 23.1 Å². The maximum absolute atomic E-state index is 12.6. The Morgan fingerprint density at radius 1 is 1.18 bits per heavy atom. The minimum absolute atomic E-state index is 0.0762. The van der Waals surface area contributed by atoms with Gasteiger partial charge < -0.3 is 4.52 Å². The molecule has 0 unspecified atom stereocenters. The van der Waals surface area contributed by atoms with E-state index in [9.17, 15) is 13.2 Å². The largest absolute Gasteiger partial charge is 0.338 e. The van der Waals surface area contributed by atoms with Crippen molar-refractivity contribution < 1.29 is 12.9 Å². The topological polar surface area (TPSA) is 107 Å². The summed E-state index contributed by atoms with van der Waals surface area (Å²) in [5.74, 6) is 0.548. The van der Waals surface area contributed by atoms with Crippen molar-refractivity contribution in [3.8, 4) is 11.4 Å². The molecule has 0 saturated heterocycles. The lowest BCUT2D eigenvalue weighted by atomic mass is 10.2. The predicted octanol–water partition coefficient (Wildman–Crippen LogP) is 2.61. The smallest absolute Gasteiger partial charge is 0.308 e. The molecule has 2 aromatic heterocycles. The molecule has 1 N–H and O–H groups in total. The van der Waals surface area contributed by atoms with Gasteiger partial charge in [0.15, 0.2) is 0 Å². The molecule has 0 aliphatic heterocycles. The second-order valence-corrected chi connectivity index (χ2v) is 8.70. The molecular formula is C18H16N4O4S2. The zero-order chi connectivity index (χ0) is 19.7. The molecular weight excluding hydrogens is 400 g/mol. The van der Waals surface area contributed by atoms with Crippen LogP contribution in [-0.2, 0) is 23.1 Å². The minimum atomic E-state index is -3.80. The molecule has 0 aliphatic carbocycles. The first-order valence-corrected chi connectivity index (χ1v) is 10.8. The maximum atomic E-state index is 12.6. The minimum Gasteiger partial charge on any atom is -0.338 e. The summed E-state index contributed by atoms with van der Waals surface area (Å²) >= 11 is 1.02. The number of aryl methyl sites for hydroxylation is 1. The molecule has 0 amide bonds. The fraction of sp³-hybridized carbons (Fsp3) is 0.167. The summed E-state index contributed by atoms with van der Waals surface area (Å²) < 4.78 is 35.0. The van der Waals surface area contributed by atoms with Crippen LogP contribution in [0.25, 0.3) is 21.6 Å². The Hall–Kier alpha value is -2.82. The fourth-order valence-electron chi connectivity index (χ4n) is 2.78. The lowest BCUT2D eigenvalue weighted by Gasteiger charge is -2.05. The van der Waals surface area contributed by atoms with Gasteiger partial charge in [-0.1, -0.05) is 46.8 Å². The SMILES string of the molecule is CCn1c(=O)sc2cc(S(=O)(=O)NCc3nc(-c4ccccc4)no3)ccc21. The summed E-state index contributed by atoms with van der Waals surface area (Å²) in [6.07, 6.45) is 0. The van der Waals surface area contributed by atoms with E-state index >= 15 is 0 Å². The molecule has 2 aromatic carbocycles. The van der Waals surface area contributed by atoms with Crippen molar-refractivity contribution in [2.24, 2.45) is 0 Å². The fourth-order valence-corrected chi connectivity index (χ4v) is 4.85. The van der Waals surface area contributed by atoms with Crippen molar-refractivity contribution >= 4 is 31.6 Å². The first-order valence-electron chi connectivity index (χ1n) is 8.49. The summed E-state index contributed by atoms with van der Waals surface area (Å²) in [4.78, 5) is 16.1. The van der Waals surface area contributed by atoms with Gasteiger partial charge in [-0.3, -0.25) is 9.36 Å². The Bertz CT molecular complexity index is 1290. The van der Waals surface area contributed by atoms with Gasteiger partial charge in [0.2, 0.25) is 21.7 Å². The number of sulfonamides is 1. The lowest BCUT2D eigenvalue weighted by Crippen LogP contribution is -2.23. The van der Waals surface area contributed by atoms with Crippen molar-refractivity contribution in [2.45, 2.75) is 24.9 Å². The second kappa shape index (κ2) is 7.30. The number of fused-ring (bicyclic) bond motifs is 1. The molecule has 0 aliphatic rings. The van der Waals surface area contributed by atoms with Crippen LogP contribution in [0.15, 0.2) is 62.7 Å². The van der Waals surface area contributed by atoms with E-state index in [0.29, 0.717) is 17.1 Å². The van der Waals surface area contributed by atoms with Gasteiger partial charge in [-0.2, -0.15) is 4.98 Å². The molecule has 0 saturated carbocycles. The quantitative estimate of drug-likeness (QED) is 0.518. The zero-order valence-corrected chi connectivity index (χ0v) is 16.5. The normalized spacial score (nSPS) is 11.9. The number of benzene rings is 2. The van der Waals surface area contributed by atoms with Crippen molar-refractivity contribution in [1.82, 2.24) is 19.4 Å². The molecule has 0 spiro atoms. The molecule has 0 fully saturated rings. The standard InChI is InChI=1S/C18H16N4O4S2/c1-2-22-14-9-8-13(10-15(14)27-18(22)23)28(24,25)19-11-16-20-17(21-26-16)12-6-4-3-5-7-12/h3-10,19H,2,11H2,1H3. The molecule has 4 rings (SSSR count). The molecule has 0 radical (unpaired) electrons. The average Bonchev–Trinajstić information content (AvgIpc) is 3.30. The number of hydrogen-bond donors (Lipinski definition) is 1. The molecule has 2 heterocycles. The molecule has 0 bridgehead atoms. The average molecular weight is 416 g/mol. The molecule has 10 heteroatoms. The van der Waals surface area contributed by atoms with Crippen LogP contribution in [0.2, 0.25) is 0 Å². The third-order valence-electron chi connectivity index (χ3n) is 4.18. The van der Waals surface area contributed by atoms with Crippen LogP contribution in [0.4, 0.5) is 0 Å². The van der Waals surface area contributed by atoms with E-state index in [1.165, 1.54) is 12.1 Å². The number of nitrogens with one attached hydrogen (secondary N) is 1. The van der Waals surface area contributed by atoms with Crippen LogP contribution in [0.1, 0.15) is 12.8 Å². The molecule has 28 heavy (non-hydrogen) atoms. The monoisotopic (exact) mass is 416 g/mol. The van der Waals surface area contributed by atoms with E-state index < -0.39 is 10.0 Å². The third-order valence-corrected chi connectivity index (χ3v) is 6.52. The Balaban J connectivity index is 1.54. The van der Waals surface area contributed by atoms with Crippen molar-refractivity contribution in [3.63, 3.8) is 0 Å². The molecule has 4 aromatic rings. The molecule has 0 atom stereocenters. The van der Waals surface area contributed by atoms with Crippen LogP contribution < -0.4 is 9.60 Å². The number of rotatable bonds is 6. The van der Waals surface area contributed by atoms with Crippen molar-refractivity contribution in [3.05, 3.63) is 64.1 Å². The van der Waals surface area contributed by atoms with Crippen molar-refractivity contribution in [2.75, 3.05) is 0 Å². The van der Waals surface area contributed by atoms with E-state index in [2.05, 4.69) is 14.9 Å². The van der Waals surface area contributed by atoms with E-state index in [0.717, 1.165) is 22.4 Å². The van der Waals surface area contributed by atoms with E-state index in [-0.39, 0.29) is 22.2 Å². The Labute approximate surface area is 164 Å². The number of hydrogen-bond acceptors (Lipinski definition) is 7. The Morgan fingerprint density at radius 3 is 2.71 bits per heavy atom. The highest BCUT2D eigenvalue weighted by Gasteiger charge is 2.18. The lowest BCUT2D eigenvalue weighted by molar-refractivity contribution is 0.376. The first-order chi connectivity index (χ1) is 13.5. The number of nitrogens with zero attached hydrogens (tertiary/aromatic N) is 3. The summed E-state index contributed by atoms with van der Waals surface area (Å²) in [7, 11) is -3.80. The summed E-state index contributed by atoms with van der Waals surface area (Å²) in [5, 5.41) is 3.87. The Morgan fingerprint density at radius 2 is 1.96 bits per heavy atom. The molecule has 8 nitrogen and oxygen atoms in total. The molecule has 144 valence electrons. The van der Waals surface area contributed by atoms with Gasteiger partial charge in [-0.05, 0) is 25.1 Å². The zero-order valence-electron chi connectivity index (χ0n) is 14.8. The summed E-state index contributed by atoms with van der Waals surface area (Å²) in [6.45, 7) is 2.27.